The summed E-state index contributed by atoms with van der Waals surface area (Å²) >= 11 is 0. The number of methoxy groups -OCH3 is 1. The van der Waals surface area contributed by atoms with E-state index in [0.29, 0.717) is 29.7 Å². The number of benzene rings is 1. The van der Waals surface area contributed by atoms with Crippen LogP contribution < -0.4 is 4.74 Å². The first-order valence-electron chi connectivity index (χ1n) is 10.7. The van der Waals surface area contributed by atoms with Crippen molar-refractivity contribution in [3.8, 4) is 5.75 Å². The predicted molar refractivity (Wildman–Crippen MR) is 122 cm³/mol. The van der Waals surface area contributed by atoms with Crippen molar-refractivity contribution in [2.75, 3.05) is 41.0 Å². The number of carbonyl (C=O) groups excluding carboxylic acids is 2. The van der Waals surface area contributed by atoms with Crippen LogP contribution >= 0.6 is 0 Å². The molecule has 1 aromatic carbocycles. The fourth-order valence-electron chi connectivity index (χ4n) is 4.29. The zero-order chi connectivity index (χ0) is 24.3. The molecule has 2 rings (SSSR count). The van der Waals surface area contributed by atoms with Crippen LogP contribution in [-0.4, -0.2) is 76.3 Å². The average molecular weight is 469 g/mol. The maximum Gasteiger partial charge on any atom is 0.248 e. The first-order chi connectivity index (χ1) is 14.8. The summed E-state index contributed by atoms with van der Waals surface area (Å²) in [5.74, 6) is 0.561. The van der Waals surface area contributed by atoms with Gasteiger partial charge in [0.1, 0.15) is 18.1 Å². The topological polar surface area (TPSA) is 93.2 Å². The standard InChI is InChI=1S/C23H36N2O6S/c1-16-10-20(30-7)11-17(2)22(16)32(28,29)24(5)8-9-31-15-21(27)25(6)18-12-19(26)14-23(3,4)13-18/h10-11,18H,8-9,12-15H2,1-7H3. The Hall–Kier alpha value is -1.97. The lowest BCUT2D eigenvalue weighted by Gasteiger charge is -2.38. The number of rotatable bonds is 9. The van der Waals surface area contributed by atoms with Crippen LogP contribution in [0.3, 0.4) is 0 Å². The molecule has 1 fully saturated rings. The van der Waals surface area contributed by atoms with Gasteiger partial charge in [0.05, 0.1) is 18.6 Å². The first kappa shape index (κ1) is 26.3. The molecule has 1 atom stereocenters. The summed E-state index contributed by atoms with van der Waals surface area (Å²) in [6, 6.07) is 3.25. The van der Waals surface area contributed by atoms with Gasteiger partial charge in [-0.2, -0.15) is 4.31 Å². The Balaban J connectivity index is 1.91. The molecule has 1 amide bonds. The minimum absolute atomic E-state index is 0.0820. The van der Waals surface area contributed by atoms with Gasteiger partial charge in [-0.25, -0.2) is 8.42 Å². The third kappa shape index (κ3) is 6.30. The SMILES string of the molecule is COc1cc(C)c(S(=O)(=O)N(C)CCOCC(=O)N(C)C2CC(=O)CC(C)(C)C2)c(C)c1. The molecule has 1 aliphatic carbocycles. The lowest BCUT2D eigenvalue weighted by molar-refractivity contribution is -0.140. The minimum atomic E-state index is -3.71. The molecule has 1 saturated carbocycles. The van der Waals surface area contributed by atoms with Gasteiger partial charge < -0.3 is 14.4 Å². The molecule has 180 valence electrons. The Bertz CT molecular complexity index is 934. The summed E-state index contributed by atoms with van der Waals surface area (Å²) in [6.07, 6.45) is 1.67. The number of hydrogen-bond donors (Lipinski definition) is 0. The molecule has 0 saturated heterocycles. The van der Waals surface area contributed by atoms with Gasteiger partial charge in [-0.3, -0.25) is 9.59 Å². The second-order valence-electron chi connectivity index (χ2n) is 9.42. The van der Waals surface area contributed by atoms with E-state index >= 15 is 0 Å². The maximum atomic E-state index is 13.0. The highest BCUT2D eigenvalue weighted by Crippen LogP contribution is 2.35. The molecule has 1 aliphatic rings. The Morgan fingerprint density at radius 3 is 2.31 bits per heavy atom. The maximum absolute atomic E-state index is 13.0. The van der Waals surface area contributed by atoms with Crippen molar-refractivity contribution in [3.63, 3.8) is 0 Å². The molecule has 0 heterocycles. The molecule has 0 spiro atoms. The highest BCUT2D eigenvalue weighted by atomic mass is 32.2. The van der Waals surface area contributed by atoms with E-state index in [-0.39, 0.29) is 47.8 Å². The lowest BCUT2D eigenvalue weighted by Crippen LogP contribution is -2.46. The molecule has 0 N–H and O–H groups in total. The third-order valence-corrected chi connectivity index (χ3v) is 8.15. The van der Waals surface area contributed by atoms with Crippen molar-refractivity contribution in [2.24, 2.45) is 5.41 Å². The van der Waals surface area contributed by atoms with Gasteiger partial charge in [-0.15, -0.1) is 0 Å². The smallest absolute Gasteiger partial charge is 0.248 e. The number of nitrogens with zero attached hydrogens (tertiary/aromatic N) is 2. The van der Waals surface area contributed by atoms with Crippen LogP contribution in [0.25, 0.3) is 0 Å². The van der Waals surface area contributed by atoms with E-state index in [1.54, 1.807) is 37.9 Å². The van der Waals surface area contributed by atoms with Gasteiger partial charge in [-0.05, 0) is 48.9 Å². The monoisotopic (exact) mass is 468 g/mol. The number of ether oxygens (including phenoxy) is 2. The van der Waals surface area contributed by atoms with Crippen LogP contribution in [0, 0.1) is 19.3 Å². The Labute approximate surface area is 191 Å². The highest BCUT2D eigenvalue weighted by molar-refractivity contribution is 7.89. The van der Waals surface area contributed by atoms with Gasteiger partial charge in [0, 0.05) is 39.5 Å². The second kappa shape index (κ2) is 10.3. The Morgan fingerprint density at radius 1 is 1.19 bits per heavy atom. The van der Waals surface area contributed by atoms with Crippen molar-refractivity contribution in [1.82, 2.24) is 9.21 Å². The Kier molecular flexibility index (Phi) is 8.47. The number of sulfonamides is 1. The van der Waals surface area contributed by atoms with Crippen molar-refractivity contribution in [2.45, 2.75) is 57.9 Å². The van der Waals surface area contributed by atoms with E-state index in [2.05, 4.69) is 0 Å². The number of hydrogen-bond acceptors (Lipinski definition) is 6. The predicted octanol–water partition coefficient (Wildman–Crippen LogP) is 2.56. The van der Waals surface area contributed by atoms with E-state index < -0.39 is 10.0 Å². The van der Waals surface area contributed by atoms with E-state index in [1.807, 2.05) is 13.8 Å². The molecule has 0 aliphatic heterocycles. The quantitative estimate of drug-likeness (QED) is 0.517. The number of Topliss-reactive ketones (excluding diaryl/α,β-unsaturated/α-hetero) is 1. The van der Waals surface area contributed by atoms with E-state index in [1.165, 1.54) is 18.5 Å². The Morgan fingerprint density at radius 2 is 1.78 bits per heavy atom. The summed E-state index contributed by atoms with van der Waals surface area (Å²) in [5.41, 5.74) is 1.09. The number of ketones is 1. The number of carbonyl (C=O) groups is 2. The summed E-state index contributed by atoms with van der Waals surface area (Å²) < 4.78 is 38.0. The molecule has 32 heavy (non-hydrogen) atoms. The number of likely N-dealkylation sites (N-methyl/N-ethyl adjacent to an activating group) is 2. The van der Waals surface area contributed by atoms with E-state index in [0.717, 1.165) is 6.42 Å². The van der Waals surface area contributed by atoms with Crippen LogP contribution in [-0.2, 0) is 24.3 Å². The van der Waals surface area contributed by atoms with Crippen LogP contribution in [0.2, 0.25) is 0 Å². The van der Waals surface area contributed by atoms with Gasteiger partial charge in [0.15, 0.2) is 0 Å². The molecule has 1 unspecified atom stereocenters. The lowest BCUT2D eigenvalue weighted by atomic mass is 9.74. The normalized spacial score (nSPS) is 18.6. The molecular formula is C23H36N2O6S. The third-order valence-electron chi connectivity index (χ3n) is 5.98. The number of aryl methyl sites for hydroxylation is 2. The molecule has 0 radical (unpaired) electrons. The molecular weight excluding hydrogens is 432 g/mol. The second-order valence-corrected chi connectivity index (χ2v) is 11.4. The zero-order valence-corrected chi connectivity index (χ0v) is 21.0. The van der Waals surface area contributed by atoms with Gasteiger partial charge in [0.25, 0.3) is 0 Å². The van der Waals surface area contributed by atoms with Crippen molar-refractivity contribution in [3.05, 3.63) is 23.3 Å². The van der Waals surface area contributed by atoms with Crippen molar-refractivity contribution < 1.29 is 27.5 Å². The molecule has 1 aromatic rings. The van der Waals surface area contributed by atoms with Crippen molar-refractivity contribution >= 4 is 21.7 Å². The van der Waals surface area contributed by atoms with Crippen LogP contribution in [0.1, 0.15) is 44.2 Å². The highest BCUT2D eigenvalue weighted by Gasteiger charge is 2.36. The summed E-state index contributed by atoms with van der Waals surface area (Å²) in [7, 11) is 1.01. The average Bonchev–Trinajstić information content (AvgIpc) is 2.67. The summed E-state index contributed by atoms with van der Waals surface area (Å²) in [4.78, 5) is 26.4. The molecule has 0 aromatic heterocycles. The minimum Gasteiger partial charge on any atom is -0.497 e. The summed E-state index contributed by atoms with van der Waals surface area (Å²) in [5, 5.41) is 0. The first-order valence-corrected chi connectivity index (χ1v) is 12.2. The molecule has 0 bridgehead atoms. The van der Waals surface area contributed by atoms with E-state index in [4.69, 9.17) is 9.47 Å². The van der Waals surface area contributed by atoms with Crippen LogP contribution in [0.4, 0.5) is 0 Å². The van der Waals surface area contributed by atoms with Gasteiger partial charge >= 0.3 is 0 Å². The molecule has 8 nitrogen and oxygen atoms in total. The van der Waals surface area contributed by atoms with Crippen molar-refractivity contribution in [1.29, 1.82) is 0 Å². The largest absolute Gasteiger partial charge is 0.497 e. The van der Waals surface area contributed by atoms with Gasteiger partial charge in [-0.1, -0.05) is 13.8 Å². The summed E-state index contributed by atoms with van der Waals surface area (Å²) in [6.45, 7) is 7.58. The van der Waals surface area contributed by atoms with E-state index in [9.17, 15) is 18.0 Å². The zero-order valence-electron chi connectivity index (χ0n) is 20.2. The fourth-order valence-corrected chi connectivity index (χ4v) is 5.85. The number of amides is 1. The van der Waals surface area contributed by atoms with Crippen LogP contribution in [0.15, 0.2) is 17.0 Å². The van der Waals surface area contributed by atoms with Crippen LogP contribution in [0.5, 0.6) is 5.75 Å². The van der Waals surface area contributed by atoms with Gasteiger partial charge in [0.2, 0.25) is 15.9 Å². The fraction of sp³-hybridized carbons (Fsp3) is 0.652. The molecule has 9 heteroatoms.